The van der Waals surface area contributed by atoms with Crippen molar-refractivity contribution in [1.29, 1.82) is 0 Å². The van der Waals surface area contributed by atoms with Gasteiger partial charge in [0.05, 0.1) is 12.8 Å². The predicted octanol–water partition coefficient (Wildman–Crippen LogP) is 3.40. The van der Waals surface area contributed by atoms with E-state index in [0.29, 0.717) is 0 Å². The van der Waals surface area contributed by atoms with Crippen LogP contribution in [0.1, 0.15) is 50.9 Å². The van der Waals surface area contributed by atoms with Crippen molar-refractivity contribution < 1.29 is 4.42 Å². The summed E-state index contributed by atoms with van der Waals surface area (Å²) in [7, 11) is 0. The molecule has 1 aliphatic rings. The fraction of sp³-hybridized carbons (Fsp3) is 0.750. The molecule has 1 fully saturated rings. The van der Waals surface area contributed by atoms with Crippen LogP contribution in [-0.2, 0) is 13.1 Å². The highest BCUT2D eigenvalue weighted by Crippen LogP contribution is 2.30. The Kier molecular flexibility index (Phi) is 5.93. The van der Waals surface area contributed by atoms with E-state index >= 15 is 0 Å². The average Bonchev–Trinajstić information content (AvgIpc) is 3.09. The van der Waals surface area contributed by atoms with Gasteiger partial charge in [-0.05, 0) is 50.8 Å². The molecule has 108 valence electrons. The van der Waals surface area contributed by atoms with Gasteiger partial charge in [-0.3, -0.25) is 4.90 Å². The smallest absolute Gasteiger partial charge is 0.118 e. The van der Waals surface area contributed by atoms with Crippen molar-refractivity contribution in [3.05, 3.63) is 23.7 Å². The van der Waals surface area contributed by atoms with Gasteiger partial charge in [-0.25, -0.2) is 0 Å². The lowest BCUT2D eigenvalue weighted by Gasteiger charge is -2.19. The predicted molar refractivity (Wildman–Crippen MR) is 79.0 cm³/mol. The van der Waals surface area contributed by atoms with E-state index in [2.05, 4.69) is 30.1 Å². The van der Waals surface area contributed by atoms with Crippen molar-refractivity contribution in [2.45, 2.75) is 52.6 Å². The minimum absolute atomic E-state index is 0.924. The SMILES string of the molecule is CCCNCc1coc(CN(CCC)CC2CC2)c1. The van der Waals surface area contributed by atoms with Gasteiger partial charge in [0.25, 0.3) is 0 Å². The number of furan rings is 1. The molecule has 0 unspecified atom stereocenters. The normalized spacial score (nSPS) is 15.3. The van der Waals surface area contributed by atoms with Crippen LogP contribution in [0.2, 0.25) is 0 Å². The molecule has 0 radical (unpaired) electrons. The van der Waals surface area contributed by atoms with E-state index in [0.717, 1.165) is 31.3 Å². The monoisotopic (exact) mass is 264 g/mol. The summed E-state index contributed by atoms with van der Waals surface area (Å²) in [6, 6.07) is 2.21. The zero-order valence-corrected chi connectivity index (χ0v) is 12.5. The molecule has 1 N–H and O–H groups in total. The van der Waals surface area contributed by atoms with Crippen molar-refractivity contribution in [2.24, 2.45) is 5.92 Å². The van der Waals surface area contributed by atoms with E-state index < -0.39 is 0 Å². The lowest BCUT2D eigenvalue weighted by atomic mass is 10.2. The second kappa shape index (κ2) is 7.71. The molecule has 1 heterocycles. The minimum atomic E-state index is 0.924. The Morgan fingerprint density at radius 2 is 2.16 bits per heavy atom. The van der Waals surface area contributed by atoms with Crippen LogP contribution in [0.5, 0.6) is 0 Å². The summed E-state index contributed by atoms with van der Waals surface area (Å²) < 4.78 is 5.69. The molecule has 1 aromatic rings. The van der Waals surface area contributed by atoms with Crippen LogP contribution < -0.4 is 5.32 Å². The van der Waals surface area contributed by atoms with E-state index in [4.69, 9.17) is 4.42 Å². The Bertz CT molecular complexity index is 357. The van der Waals surface area contributed by atoms with Crippen LogP contribution in [-0.4, -0.2) is 24.5 Å². The highest BCUT2D eigenvalue weighted by molar-refractivity contribution is 5.12. The summed E-state index contributed by atoms with van der Waals surface area (Å²) in [6.07, 6.45) is 7.14. The number of nitrogens with one attached hydrogen (secondary N) is 1. The molecule has 0 amide bonds. The Morgan fingerprint density at radius 3 is 2.84 bits per heavy atom. The first kappa shape index (κ1) is 14.6. The van der Waals surface area contributed by atoms with Crippen molar-refractivity contribution in [1.82, 2.24) is 10.2 Å². The topological polar surface area (TPSA) is 28.4 Å². The second-order valence-corrected chi connectivity index (χ2v) is 5.78. The van der Waals surface area contributed by atoms with Crippen LogP contribution in [0.4, 0.5) is 0 Å². The third-order valence-electron chi connectivity index (χ3n) is 3.60. The van der Waals surface area contributed by atoms with Crippen molar-refractivity contribution in [2.75, 3.05) is 19.6 Å². The van der Waals surface area contributed by atoms with Gasteiger partial charge in [-0.1, -0.05) is 13.8 Å². The Balaban J connectivity index is 1.78. The Labute approximate surface area is 117 Å². The number of hydrogen-bond donors (Lipinski definition) is 1. The molecule has 0 atom stereocenters. The summed E-state index contributed by atoms with van der Waals surface area (Å²) >= 11 is 0. The molecule has 3 nitrogen and oxygen atoms in total. The van der Waals surface area contributed by atoms with Crippen LogP contribution >= 0.6 is 0 Å². The summed E-state index contributed by atoms with van der Waals surface area (Å²) in [5.41, 5.74) is 1.27. The lowest BCUT2D eigenvalue weighted by Crippen LogP contribution is -2.26. The molecule has 0 aliphatic heterocycles. The van der Waals surface area contributed by atoms with E-state index in [1.807, 2.05) is 6.26 Å². The fourth-order valence-electron chi connectivity index (χ4n) is 2.45. The first-order valence-corrected chi connectivity index (χ1v) is 7.81. The number of hydrogen-bond acceptors (Lipinski definition) is 3. The Morgan fingerprint density at radius 1 is 1.32 bits per heavy atom. The molecule has 1 saturated carbocycles. The molecule has 1 aromatic heterocycles. The van der Waals surface area contributed by atoms with Gasteiger partial charge >= 0.3 is 0 Å². The molecule has 0 saturated heterocycles. The lowest BCUT2D eigenvalue weighted by molar-refractivity contribution is 0.235. The maximum atomic E-state index is 5.69. The first-order chi connectivity index (χ1) is 9.31. The van der Waals surface area contributed by atoms with Crippen LogP contribution in [0, 0.1) is 5.92 Å². The minimum Gasteiger partial charge on any atom is -0.468 e. The molecule has 1 aliphatic carbocycles. The van der Waals surface area contributed by atoms with E-state index in [1.54, 1.807) is 0 Å². The largest absolute Gasteiger partial charge is 0.468 e. The fourth-order valence-corrected chi connectivity index (χ4v) is 2.45. The summed E-state index contributed by atoms with van der Waals surface area (Å²) in [6.45, 7) is 9.84. The number of rotatable bonds is 10. The standard InChI is InChI=1S/C16H28N2O/c1-3-7-17-10-15-9-16(19-13-15)12-18(8-4-2)11-14-5-6-14/h9,13-14,17H,3-8,10-12H2,1-2H3. The zero-order chi connectivity index (χ0) is 13.5. The molecule has 0 aromatic carbocycles. The van der Waals surface area contributed by atoms with E-state index in [1.165, 1.54) is 44.3 Å². The van der Waals surface area contributed by atoms with E-state index in [9.17, 15) is 0 Å². The van der Waals surface area contributed by atoms with Gasteiger partial charge in [-0.2, -0.15) is 0 Å². The summed E-state index contributed by atoms with van der Waals surface area (Å²) in [4.78, 5) is 2.54. The van der Waals surface area contributed by atoms with E-state index in [-0.39, 0.29) is 0 Å². The highest BCUT2D eigenvalue weighted by atomic mass is 16.3. The molecule has 19 heavy (non-hydrogen) atoms. The third-order valence-corrected chi connectivity index (χ3v) is 3.60. The highest BCUT2D eigenvalue weighted by Gasteiger charge is 2.24. The van der Waals surface area contributed by atoms with Crippen LogP contribution in [0.3, 0.4) is 0 Å². The molecule has 3 heteroatoms. The van der Waals surface area contributed by atoms with Gasteiger partial charge in [0, 0.05) is 18.7 Å². The summed E-state index contributed by atoms with van der Waals surface area (Å²) in [5, 5.41) is 3.41. The van der Waals surface area contributed by atoms with Gasteiger partial charge in [0.1, 0.15) is 5.76 Å². The number of nitrogens with zero attached hydrogens (tertiary/aromatic N) is 1. The average molecular weight is 264 g/mol. The molecule has 2 rings (SSSR count). The maximum Gasteiger partial charge on any atom is 0.118 e. The Hall–Kier alpha value is -0.800. The summed E-state index contributed by atoms with van der Waals surface area (Å²) in [5.74, 6) is 2.06. The first-order valence-electron chi connectivity index (χ1n) is 7.81. The van der Waals surface area contributed by atoms with Gasteiger partial charge in [0.2, 0.25) is 0 Å². The molecular formula is C16H28N2O. The zero-order valence-electron chi connectivity index (χ0n) is 12.5. The molecule has 0 bridgehead atoms. The maximum absolute atomic E-state index is 5.69. The van der Waals surface area contributed by atoms with Crippen molar-refractivity contribution in [3.8, 4) is 0 Å². The van der Waals surface area contributed by atoms with Gasteiger partial charge in [-0.15, -0.1) is 0 Å². The van der Waals surface area contributed by atoms with Crippen molar-refractivity contribution >= 4 is 0 Å². The molecular weight excluding hydrogens is 236 g/mol. The van der Waals surface area contributed by atoms with Gasteiger partial charge in [0.15, 0.2) is 0 Å². The van der Waals surface area contributed by atoms with Crippen LogP contribution in [0.15, 0.2) is 16.7 Å². The quantitative estimate of drug-likeness (QED) is 0.657. The molecule has 0 spiro atoms. The van der Waals surface area contributed by atoms with Crippen LogP contribution in [0.25, 0.3) is 0 Å². The third kappa shape index (κ3) is 5.37. The van der Waals surface area contributed by atoms with Gasteiger partial charge < -0.3 is 9.73 Å². The second-order valence-electron chi connectivity index (χ2n) is 5.78. The van der Waals surface area contributed by atoms with Crippen molar-refractivity contribution in [3.63, 3.8) is 0 Å².